The van der Waals surface area contributed by atoms with Gasteiger partial charge in [-0.2, -0.15) is 4.98 Å². The molecule has 96 valence electrons. The fourth-order valence-corrected chi connectivity index (χ4v) is 1.60. The number of nitrogens with zero attached hydrogens (tertiary/aromatic N) is 2. The van der Waals surface area contributed by atoms with Gasteiger partial charge in [-0.25, -0.2) is 0 Å². The molecule has 0 spiro atoms. The number of aromatic nitrogens is 3. The molecule has 19 heavy (non-hydrogen) atoms. The fraction of sp³-hybridized carbons (Fsp3) is 0.0769. The quantitative estimate of drug-likeness (QED) is 0.698. The minimum Gasteiger partial charge on any atom is -0.484 e. The summed E-state index contributed by atoms with van der Waals surface area (Å²) in [5.41, 5.74) is 7.09. The largest absolute Gasteiger partial charge is 0.484 e. The van der Waals surface area contributed by atoms with Gasteiger partial charge in [-0.1, -0.05) is 5.16 Å². The summed E-state index contributed by atoms with van der Waals surface area (Å²) in [4.78, 5) is 7.23. The summed E-state index contributed by atoms with van der Waals surface area (Å²) < 4.78 is 10.6. The van der Waals surface area contributed by atoms with Crippen LogP contribution in [0.25, 0.3) is 11.5 Å². The van der Waals surface area contributed by atoms with E-state index in [1.807, 2.05) is 12.1 Å². The van der Waals surface area contributed by atoms with Crippen LogP contribution in [0.5, 0.6) is 5.75 Å². The number of H-pyrrole nitrogens is 1. The Labute approximate surface area is 109 Å². The third kappa shape index (κ3) is 2.57. The number of nitrogens with one attached hydrogen (secondary N) is 1. The number of anilines is 1. The van der Waals surface area contributed by atoms with E-state index in [1.165, 1.54) is 0 Å². The Hall–Kier alpha value is -2.76. The van der Waals surface area contributed by atoms with Crippen LogP contribution in [0.2, 0.25) is 0 Å². The maximum Gasteiger partial charge on any atom is 0.264 e. The number of nitrogen functional groups attached to an aromatic ring is 1. The van der Waals surface area contributed by atoms with Crippen molar-refractivity contribution < 1.29 is 9.26 Å². The summed E-state index contributed by atoms with van der Waals surface area (Å²) in [7, 11) is 0. The molecule has 0 bridgehead atoms. The van der Waals surface area contributed by atoms with Crippen LogP contribution < -0.4 is 10.5 Å². The van der Waals surface area contributed by atoms with Gasteiger partial charge < -0.3 is 20.0 Å². The Balaban J connectivity index is 1.66. The zero-order chi connectivity index (χ0) is 13.1. The molecule has 0 fully saturated rings. The Bertz CT molecular complexity index is 644. The highest BCUT2D eigenvalue weighted by atomic mass is 16.5. The molecular formula is C13H12N4O2. The number of rotatable bonds is 4. The van der Waals surface area contributed by atoms with Crippen molar-refractivity contribution in [2.24, 2.45) is 0 Å². The minimum absolute atomic E-state index is 0.220. The van der Waals surface area contributed by atoms with Crippen molar-refractivity contribution in [3.8, 4) is 17.3 Å². The van der Waals surface area contributed by atoms with Crippen LogP contribution in [0.3, 0.4) is 0 Å². The van der Waals surface area contributed by atoms with Crippen molar-refractivity contribution in [2.45, 2.75) is 6.61 Å². The second-order valence-corrected chi connectivity index (χ2v) is 3.95. The lowest BCUT2D eigenvalue weighted by Crippen LogP contribution is -1.96. The third-order valence-corrected chi connectivity index (χ3v) is 2.55. The van der Waals surface area contributed by atoms with Gasteiger partial charge in [0.05, 0.1) is 5.69 Å². The van der Waals surface area contributed by atoms with Gasteiger partial charge in [0.25, 0.3) is 5.89 Å². The SMILES string of the molecule is Nc1ccc(OCc2nc(-c3ccc[nH]3)no2)cc1. The van der Waals surface area contributed by atoms with Crippen LogP contribution in [0.1, 0.15) is 5.89 Å². The van der Waals surface area contributed by atoms with Crippen LogP contribution >= 0.6 is 0 Å². The zero-order valence-corrected chi connectivity index (χ0v) is 10.0. The van der Waals surface area contributed by atoms with Crippen molar-refractivity contribution in [1.82, 2.24) is 15.1 Å². The van der Waals surface area contributed by atoms with Crippen LogP contribution in [-0.4, -0.2) is 15.1 Å². The summed E-state index contributed by atoms with van der Waals surface area (Å²) in [5, 5.41) is 3.87. The number of aromatic amines is 1. The van der Waals surface area contributed by atoms with Gasteiger partial charge in [0.2, 0.25) is 5.82 Å². The van der Waals surface area contributed by atoms with E-state index in [0.29, 0.717) is 23.2 Å². The monoisotopic (exact) mass is 256 g/mol. The molecule has 2 aromatic heterocycles. The van der Waals surface area contributed by atoms with Gasteiger partial charge in [0, 0.05) is 11.9 Å². The van der Waals surface area contributed by atoms with Crippen LogP contribution in [0.15, 0.2) is 47.1 Å². The molecule has 0 atom stereocenters. The number of benzene rings is 1. The van der Waals surface area contributed by atoms with Gasteiger partial charge in [0.15, 0.2) is 6.61 Å². The van der Waals surface area contributed by atoms with E-state index in [2.05, 4.69) is 15.1 Å². The summed E-state index contributed by atoms with van der Waals surface area (Å²) in [6, 6.07) is 10.9. The predicted molar refractivity (Wildman–Crippen MR) is 69.3 cm³/mol. The van der Waals surface area contributed by atoms with Gasteiger partial charge in [-0.3, -0.25) is 0 Å². The molecular weight excluding hydrogens is 244 g/mol. The molecule has 0 unspecified atom stereocenters. The highest BCUT2D eigenvalue weighted by molar-refractivity contribution is 5.47. The van der Waals surface area contributed by atoms with E-state index in [-0.39, 0.29) is 6.61 Å². The molecule has 1 aromatic carbocycles. The topological polar surface area (TPSA) is 90.0 Å². The molecule has 0 aliphatic carbocycles. The predicted octanol–water partition coefficient (Wildman–Crippen LogP) is 2.23. The molecule has 0 amide bonds. The van der Waals surface area contributed by atoms with E-state index < -0.39 is 0 Å². The van der Waals surface area contributed by atoms with Gasteiger partial charge in [-0.05, 0) is 36.4 Å². The number of nitrogens with two attached hydrogens (primary N) is 1. The van der Waals surface area contributed by atoms with Crippen LogP contribution in [0.4, 0.5) is 5.69 Å². The first-order valence-corrected chi connectivity index (χ1v) is 5.76. The molecule has 0 saturated heterocycles. The van der Waals surface area contributed by atoms with Crippen molar-refractivity contribution >= 4 is 5.69 Å². The number of ether oxygens (including phenoxy) is 1. The average Bonchev–Trinajstić information content (AvgIpc) is 3.09. The minimum atomic E-state index is 0.220. The van der Waals surface area contributed by atoms with Gasteiger partial charge in [0.1, 0.15) is 5.75 Å². The Morgan fingerprint density at radius 2 is 2.05 bits per heavy atom. The molecule has 6 heteroatoms. The van der Waals surface area contributed by atoms with Gasteiger partial charge >= 0.3 is 0 Å². The lowest BCUT2D eigenvalue weighted by atomic mass is 10.3. The van der Waals surface area contributed by atoms with E-state index in [0.717, 1.165) is 5.69 Å². The molecule has 6 nitrogen and oxygen atoms in total. The van der Waals surface area contributed by atoms with E-state index in [1.54, 1.807) is 30.5 Å². The molecule has 3 aromatic rings. The normalized spacial score (nSPS) is 10.5. The summed E-state index contributed by atoms with van der Waals surface area (Å²) >= 11 is 0. The van der Waals surface area contributed by atoms with Crippen molar-refractivity contribution in [2.75, 3.05) is 5.73 Å². The third-order valence-electron chi connectivity index (χ3n) is 2.55. The first kappa shape index (κ1) is 11.3. The second-order valence-electron chi connectivity index (χ2n) is 3.95. The molecule has 0 radical (unpaired) electrons. The maximum atomic E-state index is 5.59. The first-order chi connectivity index (χ1) is 9.31. The summed E-state index contributed by atoms with van der Waals surface area (Å²) in [5.74, 6) is 1.64. The Morgan fingerprint density at radius 1 is 1.21 bits per heavy atom. The summed E-state index contributed by atoms with van der Waals surface area (Å²) in [6.07, 6.45) is 1.80. The number of hydrogen-bond acceptors (Lipinski definition) is 5. The van der Waals surface area contributed by atoms with Crippen LogP contribution in [0, 0.1) is 0 Å². The van der Waals surface area contributed by atoms with E-state index in [9.17, 15) is 0 Å². The van der Waals surface area contributed by atoms with Crippen molar-refractivity contribution in [3.63, 3.8) is 0 Å². The van der Waals surface area contributed by atoms with Gasteiger partial charge in [-0.15, -0.1) is 0 Å². The molecule has 0 aliphatic rings. The summed E-state index contributed by atoms with van der Waals surface area (Å²) in [6.45, 7) is 0.220. The second kappa shape index (κ2) is 4.85. The highest BCUT2D eigenvalue weighted by Crippen LogP contribution is 2.16. The van der Waals surface area contributed by atoms with Crippen molar-refractivity contribution in [1.29, 1.82) is 0 Å². The smallest absolute Gasteiger partial charge is 0.264 e. The molecule has 0 aliphatic heterocycles. The standard InChI is InChI=1S/C13H12N4O2/c14-9-3-5-10(6-4-9)18-8-12-16-13(17-19-12)11-2-1-7-15-11/h1-7,15H,8,14H2. The highest BCUT2D eigenvalue weighted by Gasteiger charge is 2.09. The molecule has 0 saturated carbocycles. The van der Waals surface area contributed by atoms with E-state index in [4.69, 9.17) is 15.0 Å². The zero-order valence-electron chi connectivity index (χ0n) is 10.0. The van der Waals surface area contributed by atoms with Crippen LogP contribution in [-0.2, 0) is 6.61 Å². The first-order valence-electron chi connectivity index (χ1n) is 5.76. The lowest BCUT2D eigenvalue weighted by Gasteiger charge is -2.02. The fourth-order valence-electron chi connectivity index (χ4n) is 1.60. The Kier molecular flexibility index (Phi) is 2.89. The average molecular weight is 256 g/mol. The van der Waals surface area contributed by atoms with Crippen molar-refractivity contribution in [3.05, 3.63) is 48.5 Å². The number of hydrogen-bond donors (Lipinski definition) is 2. The molecule has 3 N–H and O–H groups in total. The molecule has 3 rings (SSSR count). The maximum absolute atomic E-state index is 5.59. The van der Waals surface area contributed by atoms with E-state index >= 15 is 0 Å². The molecule has 2 heterocycles. The Morgan fingerprint density at radius 3 is 2.79 bits per heavy atom. The lowest BCUT2D eigenvalue weighted by molar-refractivity contribution is 0.243.